The quantitative estimate of drug-likeness (QED) is 0.715. The van der Waals surface area contributed by atoms with Crippen LogP contribution in [-0.2, 0) is 6.54 Å². The first kappa shape index (κ1) is 14.5. The van der Waals surface area contributed by atoms with Crippen molar-refractivity contribution < 1.29 is 9.90 Å². The van der Waals surface area contributed by atoms with E-state index in [1.807, 2.05) is 11.8 Å². The third-order valence-electron chi connectivity index (χ3n) is 2.42. The molecule has 0 fully saturated rings. The van der Waals surface area contributed by atoms with Gasteiger partial charge >= 0.3 is 5.97 Å². The zero-order valence-electron chi connectivity index (χ0n) is 10.2. The van der Waals surface area contributed by atoms with Crippen molar-refractivity contribution in [1.82, 2.24) is 5.32 Å². The minimum atomic E-state index is -0.847. The Morgan fingerprint density at radius 1 is 1.65 bits per heavy atom. The number of nitrogens with one attached hydrogen (secondary N) is 1. The number of carbonyl (C=O) groups is 1. The monoisotopic (exact) mass is 273 g/mol. The van der Waals surface area contributed by atoms with Crippen LogP contribution in [0.4, 0.5) is 0 Å². The van der Waals surface area contributed by atoms with Gasteiger partial charge in [-0.25, -0.2) is 4.79 Å². The molecule has 0 bridgehead atoms. The van der Waals surface area contributed by atoms with Gasteiger partial charge in [-0.3, -0.25) is 0 Å². The molecule has 0 radical (unpaired) electrons. The molecular weight excluding hydrogens is 254 g/mol. The van der Waals surface area contributed by atoms with Gasteiger partial charge in [0.05, 0.1) is 5.56 Å². The van der Waals surface area contributed by atoms with Crippen LogP contribution in [0.5, 0.6) is 0 Å². The average molecular weight is 273 g/mol. The highest BCUT2D eigenvalue weighted by atomic mass is 32.2. The fourth-order valence-electron chi connectivity index (χ4n) is 1.37. The second-order valence-corrected chi connectivity index (χ2v) is 6.26. The summed E-state index contributed by atoms with van der Waals surface area (Å²) in [6.07, 6.45) is 1.15. The van der Waals surface area contributed by atoms with Crippen LogP contribution in [0.3, 0.4) is 0 Å². The summed E-state index contributed by atoms with van der Waals surface area (Å²) in [6.45, 7) is 5.10. The fourth-order valence-corrected chi connectivity index (χ4v) is 2.98. The lowest BCUT2D eigenvalue weighted by Crippen LogP contribution is -2.25. The van der Waals surface area contributed by atoms with Crippen LogP contribution >= 0.6 is 23.1 Å². The van der Waals surface area contributed by atoms with Gasteiger partial charge in [-0.05, 0) is 30.9 Å². The summed E-state index contributed by atoms with van der Waals surface area (Å²) < 4.78 is 0. The van der Waals surface area contributed by atoms with Crippen molar-refractivity contribution in [2.24, 2.45) is 0 Å². The normalized spacial score (nSPS) is 12.6. The van der Waals surface area contributed by atoms with Crippen molar-refractivity contribution >= 4 is 29.1 Å². The maximum absolute atomic E-state index is 10.7. The van der Waals surface area contributed by atoms with Crippen molar-refractivity contribution in [3.63, 3.8) is 0 Å². The predicted molar refractivity (Wildman–Crippen MR) is 75.2 cm³/mol. The molecule has 96 valence electrons. The molecule has 2 N–H and O–H groups in total. The van der Waals surface area contributed by atoms with Crippen LogP contribution in [0.1, 0.15) is 35.5 Å². The van der Waals surface area contributed by atoms with Crippen LogP contribution in [-0.4, -0.2) is 28.6 Å². The topological polar surface area (TPSA) is 49.3 Å². The molecule has 0 aliphatic heterocycles. The molecule has 1 aromatic heterocycles. The van der Waals surface area contributed by atoms with Gasteiger partial charge in [0, 0.05) is 22.8 Å². The Morgan fingerprint density at radius 3 is 3.00 bits per heavy atom. The summed E-state index contributed by atoms with van der Waals surface area (Å²) in [7, 11) is 0. The van der Waals surface area contributed by atoms with Gasteiger partial charge in [0.25, 0.3) is 0 Å². The van der Waals surface area contributed by atoms with E-state index >= 15 is 0 Å². The number of carboxylic acids is 1. The number of rotatable bonds is 8. The first-order chi connectivity index (χ1) is 8.13. The van der Waals surface area contributed by atoms with Gasteiger partial charge in [-0.2, -0.15) is 11.8 Å². The van der Waals surface area contributed by atoms with E-state index in [1.54, 1.807) is 11.4 Å². The summed E-state index contributed by atoms with van der Waals surface area (Å²) in [5, 5.41) is 13.9. The highest BCUT2D eigenvalue weighted by Crippen LogP contribution is 2.15. The van der Waals surface area contributed by atoms with E-state index in [2.05, 4.69) is 19.2 Å². The molecule has 5 heteroatoms. The summed E-state index contributed by atoms with van der Waals surface area (Å²) in [5.74, 6) is 1.50. The Kier molecular flexibility index (Phi) is 6.62. The molecule has 0 aromatic carbocycles. The summed E-state index contributed by atoms with van der Waals surface area (Å²) >= 11 is 3.45. The maximum Gasteiger partial charge on any atom is 0.336 e. The molecule has 0 aliphatic carbocycles. The van der Waals surface area contributed by atoms with E-state index in [0.29, 0.717) is 11.6 Å². The Bertz CT molecular complexity index is 352. The van der Waals surface area contributed by atoms with Crippen molar-refractivity contribution in [1.29, 1.82) is 0 Å². The molecule has 0 spiro atoms. The van der Waals surface area contributed by atoms with Gasteiger partial charge < -0.3 is 10.4 Å². The Hall–Kier alpha value is -0.520. The zero-order valence-corrected chi connectivity index (χ0v) is 11.9. The predicted octanol–water partition coefficient (Wildman–Crippen LogP) is 3.07. The fraction of sp³-hybridized carbons (Fsp3) is 0.583. The van der Waals surface area contributed by atoms with Crippen molar-refractivity contribution in [3.05, 3.63) is 21.9 Å². The van der Waals surface area contributed by atoms with E-state index in [0.717, 1.165) is 17.8 Å². The van der Waals surface area contributed by atoms with E-state index in [4.69, 9.17) is 5.11 Å². The highest BCUT2D eigenvalue weighted by molar-refractivity contribution is 7.99. The Balaban J connectivity index is 2.26. The number of carboxylic acid groups (broad SMARTS) is 1. The second-order valence-electron chi connectivity index (χ2n) is 3.87. The molecule has 0 saturated carbocycles. The summed E-state index contributed by atoms with van der Waals surface area (Å²) in [6, 6.07) is 2.22. The van der Waals surface area contributed by atoms with Crippen LogP contribution in [0.15, 0.2) is 11.4 Å². The molecule has 1 rings (SSSR count). The van der Waals surface area contributed by atoms with Gasteiger partial charge in [0.2, 0.25) is 0 Å². The van der Waals surface area contributed by atoms with Crippen molar-refractivity contribution in [2.45, 2.75) is 32.9 Å². The molecule has 1 unspecified atom stereocenters. The molecule has 3 nitrogen and oxygen atoms in total. The van der Waals surface area contributed by atoms with Crippen molar-refractivity contribution in [3.8, 4) is 0 Å². The third-order valence-corrected chi connectivity index (χ3v) is 4.29. The smallest absolute Gasteiger partial charge is 0.336 e. The van der Waals surface area contributed by atoms with E-state index in [9.17, 15) is 4.79 Å². The number of aromatic carboxylic acids is 1. The number of hydrogen-bond acceptors (Lipinski definition) is 4. The van der Waals surface area contributed by atoms with E-state index in [1.165, 1.54) is 22.8 Å². The molecule has 17 heavy (non-hydrogen) atoms. The lowest BCUT2D eigenvalue weighted by Gasteiger charge is -2.12. The summed E-state index contributed by atoms with van der Waals surface area (Å²) in [5.41, 5.74) is 0.390. The Morgan fingerprint density at radius 2 is 2.41 bits per heavy atom. The highest BCUT2D eigenvalue weighted by Gasteiger charge is 2.07. The lowest BCUT2D eigenvalue weighted by atomic mass is 10.2. The first-order valence-corrected chi connectivity index (χ1v) is 7.78. The average Bonchev–Trinajstić information content (AvgIpc) is 2.75. The SMILES string of the molecule is CCSCCC(C)NCc1cc(C(=O)O)cs1. The zero-order chi connectivity index (χ0) is 12.7. The van der Waals surface area contributed by atoms with E-state index < -0.39 is 5.97 Å². The van der Waals surface area contributed by atoms with Gasteiger partial charge in [0.15, 0.2) is 0 Å². The second kappa shape index (κ2) is 7.74. The number of hydrogen-bond donors (Lipinski definition) is 2. The van der Waals surface area contributed by atoms with Crippen molar-refractivity contribution in [2.75, 3.05) is 11.5 Å². The first-order valence-electron chi connectivity index (χ1n) is 5.75. The van der Waals surface area contributed by atoms with Crippen LogP contribution in [0, 0.1) is 0 Å². The molecule has 1 atom stereocenters. The van der Waals surface area contributed by atoms with Gasteiger partial charge in [0.1, 0.15) is 0 Å². The number of thiophene rings is 1. The molecule has 0 aliphatic rings. The van der Waals surface area contributed by atoms with Crippen LogP contribution in [0.25, 0.3) is 0 Å². The van der Waals surface area contributed by atoms with E-state index in [-0.39, 0.29) is 0 Å². The molecule has 1 aromatic rings. The Labute approximate surface area is 111 Å². The molecule has 0 amide bonds. The summed E-state index contributed by atoms with van der Waals surface area (Å²) in [4.78, 5) is 11.8. The molecule has 1 heterocycles. The molecular formula is C12H19NO2S2. The third kappa shape index (κ3) is 5.57. The number of thioether (sulfide) groups is 1. The van der Waals surface area contributed by atoms with Gasteiger partial charge in [-0.15, -0.1) is 11.3 Å². The van der Waals surface area contributed by atoms with Crippen LogP contribution in [0.2, 0.25) is 0 Å². The minimum Gasteiger partial charge on any atom is -0.478 e. The molecule has 0 saturated heterocycles. The standard InChI is InChI=1S/C12H19NO2S2/c1-3-16-5-4-9(2)13-7-11-6-10(8-17-11)12(14)15/h6,8-9,13H,3-5,7H2,1-2H3,(H,14,15). The maximum atomic E-state index is 10.7. The lowest BCUT2D eigenvalue weighted by molar-refractivity contribution is 0.0697. The van der Waals surface area contributed by atoms with Gasteiger partial charge in [-0.1, -0.05) is 6.92 Å². The minimum absolute atomic E-state index is 0.390. The largest absolute Gasteiger partial charge is 0.478 e. The van der Waals surface area contributed by atoms with Crippen LogP contribution < -0.4 is 5.32 Å².